The number of halogens is 6. The highest BCUT2D eigenvalue weighted by Crippen LogP contribution is 2.48. The lowest BCUT2D eigenvalue weighted by Crippen LogP contribution is -2.42. The third-order valence-corrected chi connectivity index (χ3v) is 6.69. The summed E-state index contributed by atoms with van der Waals surface area (Å²) in [6.45, 7) is 0. The second-order valence-corrected chi connectivity index (χ2v) is 9.41. The van der Waals surface area contributed by atoms with Gasteiger partial charge in [0, 0.05) is 21.9 Å². The number of benzene rings is 1. The lowest BCUT2D eigenvalue weighted by Gasteiger charge is -2.30. The van der Waals surface area contributed by atoms with E-state index in [0.717, 1.165) is 0 Å². The van der Waals surface area contributed by atoms with Crippen LogP contribution >= 0.6 is 15.9 Å². The van der Waals surface area contributed by atoms with Gasteiger partial charge in [0.1, 0.15) is 17.0 Å². The summed E-state index contributed by atoms with van der Waals surface area (Å²) in [6.07, 6.45) is -2.79. The summed E-state index contributed by atoms with van der Waals surface area (Å²) in [5.74, 6) is -9.13. The van der Waals surface area contributed by atoms with Crippen LogP contribution in [-0.2, 0) is 10.7 Å². The van der Waals surface area contributed by atoms with E-state index >= 15 is 0 Å². The van der Waals surface area contributed by atoms with Crippen molar-refractivity contribution in [2.75, 3.05) is 0 Å². The molecule has 0 saturated heterocycles. The van der Waals surface area contributed by atoms with E-state index in [0.29, 0.717) is 48.6 Å². The van der Waals surface area contributed by atoms with E-state index in [4.69, 9.17) is 4.42 Å². The molecule has 5 nitrogen and oxygen atoms in total. The van der Waals surface area contributed by atoms with Crippen molar-refractivity contribution in [3.8, 4) is 17.3 Å². The Labute approximate surface area is 194 Å². The Kier molecular flexibility index (Phi) is 6.01. The van der Waals surface area contributed by atoms with Crippen LogP contribution in [0.5, 0.6) is 0 Å². The summed E-state index contributed by atoms with van der Waals surface area (Å²) in [5.41, 5.74) is -0.780. The van der Waals surface area contributed by atoms with Gasteiger partial charge in [-0.15, -0.1) is 0 Å². The molecule has 2 saturated carbocycles. The van der Waals surface area contributed by atoms with E-state index < -0.39 is 41.3 Å². The van der Waals surface area contributed by atoms with Crippen LogP contribution in [0.1, 0.15) is 56.1 Å². The fraction of sp³-hybridized carbons (Fsp3) is 0.500. The number of alkyl halides is 5. The maximum absolute atomic E-state index is 14.1. The van der Waals surface area contributed by atoms with Gasteiger partial charge in [0.25, 0.3) is 5.89 Å². The van der Waals surface area contributed by atoms with Crippen molar-refractivity contribution in [1.82, 2.24) is 10.3 Å². The van der Waals surface area contributed by atoms with Gasteiger partial charge in [-0.25, -0.2) is 4.98 Å². The number of oxazole rings is 1. The molecule has 0 radical (unpaired) electrons. The van der Waals surface area contributed by atoms with Crippen molar-refractivity contribution in [1.29, 1.82) is 5.26 Å². The maximum Gasteiger partial charge on any atom is 0.463 e. The topological polar surface area (TPSA) is 78.9 Å². The zero-order chi connectivity index (χ0) is 24.0. The first-order valence-corrected chi connectivity index (χ1v) is 11.2. The molecule has 0 aliphatic heterocycles. The molecular formula is C22H19BrF5N3O2. The second-order valence-electron chi connectivity index (χ2n) is 8.49. The number of hydrogen-bond acceptors (Lipinski definition) is 4. The van der Waals surface area contributed by atoms with Gasteiger partial charge in [0.2, 0.25) is 5.91 Å². The van der Waals surface area contributed by atoms with Crippen LogP contribution in [0.15, 0.2) is 33.2 Å². The number of carbonyl (C=O) groups is 1. The lowest BCUT2D eigenvalue weighted by molar-refractivity contribution is -0.297. The van der Waals surface area contributed by atoms with E-state index in [2.05, 4.69) is 32.3 Å². The summed E-state index contributed by atoms with van der Waals surface area (Å²) in [4.78, 5) is 16.6. The molecule has 1 heterocycles. The van der Waals surface area contributed by atoms with Crippen molar-refractivity contribution >= 4 is 21.8 Å². The second kappa shape index (κ2) is 8.38. The lowest BCUT2D eigenvalue weighted by atomic mass is 9.76. The molecule has 1 amide bonds. The van der Waals surface area contributed by atoms with Crippen molar-refractivity contribution in [2.45, 2.75) is 62.1 Å². The highest BCUT2D eigenvalue weighted by molar-refractivity contribution is 9.10. The van der Waals surface area contributed by atoms with Crippen LogP contribution < -0.4 is 5.32 Å². The third kappa shape index (κ3) is 4.50. The number of nitrogens with one attached hydrogen (secondary N) is 1. The number of amides is 1. The Bertz CT molecular complexity index is 1090. The third-order valence-electron chi connectivity index (χ3n) is 6.16. The molecular weight excluding hydrogens is 513 g/mol. The fourth-order valence-electron chi connectivity index (χ4n) is 4.13. The maximum atomic E-state index is 14.1. The monoisotopic (exact) mass is 531 g/mol. The van der Waals surface area contributed by atoms with Gasteiger partial charge in [0.05, 0.1) is 6.07 Å². The van der Waals surface area contributed by atoms with Gasteiger partial charge in [0.15, 0.2) is 0 Å². The van der Waals surface area contributed by atoms with Crippen LogP contribution in [-0.4, -0.2) is 22.6 Å². The average molecular weight is 532 g/mol. The number of rotatable bonds is 5. The van der Waals surface area contributed by atoms with Crippen LogP contribution in [0.4, 0.5) is 22.0 Å². The summed E-state index contributed by atoms with van der Waals surface area (Å²) in [5, 5.41) is 12.0. The van der Waals surface area contributed by atoms with Crippen molar-refractivity contribution in [3.05, 3.63) is 40.4 Å². The SMILES string of the molecule is N#CC1(NC(=O)[C@@H]2CCCC[C@H]2c2oc(C(F)(F)C(F)(F)F)nc2-c2ccc(Br)cc2)CC1. The van der Waals surface area contributed by atoms with Gasteiger partial charge >= 0.3 is 12.1 Å². The van der Waals surface area contributed by atoms with Crippen molar-refractivity contribution in [3.63, 3.8) is 0 Å². The molecule has 176 valence electrons. The van der Waals surface area contributed by atoms with Crippen molar-refractivity contribution < 1.29 is 31.2 Å². The van der Waals surface area contributed by atoms with E-state index in [1.165, 1.54) is 12.1 Å². The summed E-state index contributed by atoms with van der Waals surface area (Å²) in [7, 11) is 0. The van der Waals surface area contributed by atoms with E-state index in [1.54, 1.807) is 12.1 Å². The minimum absolute atomic E-state index is 0.146. The zero-order valence-corrected chi connectivity index (χ0v) is 18.8. The zero-order valence-electron chi connectivity index (χ0n) is 17.2. The smallest absolute Gasteiger partial charge is 0.439 e. The molecule has 2 atom stereocenters. The molecule has 0 bridgehead atoms. The van der Waals surface area contributed by atoms with Gasteiger partial charge in [-0.2, -0.15) is 27.2 Å². The Hall–Kier alpha value is -2.48. The van der Waals surface area contributed by atoms with Crippen LogP contribution in [0.2, 0.25) is 0 Å². The number of nitriles is 1. The molecule has 2 fully saturated rings. The Morgan fingerprint density at radius 3 is 2.36 bits per heavy atom. The molecule has 2 aliphatic rings. The average Bonchev–Trinajstić information content (AvgIpc) is 3.39. The summed E-state index contributed by atoms with van der Waals surface area (Å²) in [6, 6.07) is 8.31. The molecule has 0 spiro atoms. The number of nitrogens with zero attached hydrogens (tertiary/aromatic N) is 2. The van der Waals surface area contributed by atoms with Crippen LogP contribution in [0.3, 0.4) is 0 Å². The normalized spacial score (nSPS) is 22.5. The molecule has 33 heavy (non-hydrogen) atoms. The van der Waals surface area contributed by atoms with Gasteiger partial charge in [-0.05, 0) is 37.8 Å². The first kappa shape index (κ1) is 23.7. The minimum atomic E-state index is -5.89. The molecule has 2 aliphatic carbocycles. The first-order chi connectivity index (χ1) is 15.5. The standard InChI is InChI=1S/C22H19BrF5N3O2/c23-13-7-5-12(6-8-13)16-17(33-19(30-16)21(24,25)22(26,27)28)14-3-1-2-4-15(14)18(32)31-20(11-29)9-10-20/h5-8,14-15H,1-4,9-10H2,(H,31,32)/t14-,15-/m1/s1. The molecule has 1 aromatic carbocycles. The number of carbonyl (C=O) groups excluding carboxylic acids is 1. The first-order valence-electron chi connectivity index (χ1n) is 10.4. The number of hydrogen-bond donors (Lipinski definition) is 1. The van der Waals surface area contributed by atoms with Gasteiger partial charge in [-0.3, -0.25) is 4.79 Å². The Morgan fingerprint density at radius 1 is 1.15 bits per heavy atom. The molecule has 2 aromatic rings. The molecule has 4 rings (SSSR count). The van der Waals surface area contributed by atoms with E-state index in [1.807, 2.05) is 0 Å². The molecule has 1 N–H and O–H groups in total. The summed E-state index contributed by atoms with van der Waals surface area (Å²) >= 11 is 3.25. The van der Waals surface area contributed by atoms with Gasteiger partial charge in [-0.1, -0.05) is 40.9 Å². The summed E-state index contributed by atoms with van der Waals surface area (Å²) < 4.78 is 73.2. The van der Waals surface area contributed by atoms with Crippen molar-refractivity contribution in [2.24, 2.45) is 5.92 Å². The van der Waals surface area contributed by atoms with Gasteiger partial charge < -0.3 is 9.73 Å². The predicted octanol–water partition coefficient (Wildman–Crippen LogP) is 6.20. The molecule has 11 heteroatoms. The molecule has 1 aromatic heterocycles. The van der Waals surface area contributed by atoms with Crippen LogP contribution in [0.25, 0.3) is 11.3 Å². The highest BCUT2D eigenvalue weighted by atomic mass is 79.9. The highest BCUT2D eigenvalue weighted by Gasteiger charge is 2.63. The Balaban J connectivity index is 1.77. The molecule has 0 unspecified atom stereocenters. The quantitative estimate of drug-likeness (QED) is 0.465. The van der Waals surface area contributed by atoms with E-state index in [-0.39, 0.29) is 11.5 Å². The van der Waals surface area contributed by atoms with E-state index in [9.17, 15) is 32.0 Å². The Morgan fingerprint density at radius 2 is 1.79 bits per heavy atom. The number of aromatic nitrogens is 1. The fourth-order valence-corrected chi connectivity index (χ4v) is 4.39. The minimum Gasteiger partial charge on any atom is -0.439 e. The predicted molar refractivity (Wildman–Crippen MR) is 110 cm³/mol. The largest absolute Gasteiger partial charge is 0.463 e. The van der Waals surface area contributed by atoms with Crippen LogP contribution in [0, 0.1) is 17.2 Å².